The molecule has 1 aliphatic heterocycles. The highest BCUT2D eigenvalue weighted by atomic mass is 16.7. The van der Waals surface area contributed by atoms with E-state index in [1.54, 1.807) is 0 Å². The van der Waals surface area contributed by atoms with Gasteiger partial charge in [0.2, 0.25) is 0 Å². The van der Waals surface area contributed by atoms with E-state index in [0.717, 1.165) is 0 Å². The molecule has 0 aromatic carbocycles. The molecule has 0 spiro atoms. The van der Waals surface area contributed by atoms with E-state index in [1.165, 1.54) is 14.2 Å². The lowest BCUT2D eigenvalue weighted by Gasteiger charge is -2.40. The Hall–Kier alpha value is -0.240. The van der Waals surface area contributed by atoms with Crippen molar-refractivity contribution in [1.29, 1.82) is 0 Å². The van der Waals surface area contributed by atoms with Crippen LogP contribution >= 0.6 is 0 Å². The van der Waals surface area contributed by atoms with Crippen molar-refractivity contribution in [2.45, 2.75) is 30.7 Å². The van der Waals surface area contributed by atoms with Gasteiger partial charge < -0.3 is 29.5 Å². The van der Waals surface area contributed by atoms with Crippen LogP contribution < -0.4 is 0 Å². The summed E-state index contributed by atoms with van der Waals surface area (Å²) in [5.74, 6) is 0. The van der Waals surface area contributed by atoms with E-state index in [-0.39, 0.29) is 6.61 Å². The SMILES string of the molecule is CO[C@@H]1OC(CO)[C@H](OC)[C@H](O)C1O. The van der Waals surface area contributed by atoms with E-state index in [0.29, 0.717) is 0 Å². The number of aliphatic hydroxyl groups excluding tert-OH is 3. The molecular weight excluding hydrogens is 192 g/mol. The molecule has 0 aromatic rings. The van der Waals surface area contributed by atoms with Gasteiger partial charge in [0.1, 0.15) is 24.4 Å². The molecule has 0 radical (unpaired) electrons. The number of ether oxygens (including phenoxy) is 3. The van der Waals surface area contributed by atoms with Crippen LogP contribution in [0.4, 0.5) is 0 Å². The zero-order valence-corrected chi connectivity index (χ0v) is 8.16. The van der Waals surface area contributed by atoms with Crippen LogP contribution in [0, 0.1) is 0 Å². The maximum Gasteiger partial charge on any atom is 0.186 e. The fourth-order valence-corrected chi connectivity index (χ4v) is 1.54. The second-order valence-electron chi connectivity index (χ2n) is 3.14. The molecule has 0 saturated carbocycles. The van der Waals surface area contributed by atoms with Crippen LogP contribution in [0.1, 0.15) is 0 Å². The number of hydrogen-bond acceptors (Lipinski definition) is 6. The number of hydrogen-bond donors (Lipinski definition) is 3. The number of rotatable bonds is 3. The maximum atomic E-state index is 9.59. The number of aliphatic hydroxyl groups is 3. The predicted octanol–water partition coefficient (Wildman–Crippen LogP) is -1.91. The average molecular weight is 208 g/mol. The molecule has 2 unspecified atom stereocenters. The van der Waals surface area contributed by atoms with Gasteiger partial charge in [0, 0.05) is 14.2 Å². The van der Waals surface area contributed by atoms with Gasteiger partial charge in [-0.15, -0.1) is 0 Å². The quantitative estimate of drug-likeness (QED) is 0.501. The van der Waals surface area contributed by atoms with Gasteiger partial charge >= 0.3 is 0 Å². The molecule has 0 aromatic heterocycles. The van der Waals surface area contributed by atoms with Crippen molar-refractivity contribution in [2.75, 3.05) is 20.8 Å². The first kappa shape index (κ1) is 11.8. The van der Waals surface area contributed by atoms with E-state index in [1.807, 2.05) is 0 Å². The molecule has 6 nitrogen and oxygen atoms in total. The number of methoxy groups -OCH3 is 2. The first-order chi connectivity index (χ1) is 6.65. The predicted molar refractivity (Wildman–Crippen MR) is 45.6 cm³/mol. The smallest absolute Gasteiger partial charge is 0.186 e. The third-order valence-electron chi connectivity index (χ3n) is 2.33. The largest absolute Gasteiger partial charge is 0.394 e. The van der Waals surface area contributed by atoms with Gasteiger partial charge in [-0.2, -0.15) is 0 Å². The summed E-state index contributed by atoms with van der Waals surface area (Å²) in [6.45, 7) is -0.303. The van der Waals surface area contributed by atoms with Gasteiger partial charge in [-0.1, -0.05) is 0 Å². The Bertz CT molecular complexity index is 173. The summed E-state index contributed by atoms with van der Waals surface area (Å²) in [6, 6.07) is 0. The Balaban J connectivity index is 2.71. The molecule has 14 heavy (non-hydrogen) atoms. The Labute approximate surface area is 82.0 Å². The van der Waals surface area contributed by atoms with Crippen molar-refractivity contribution in [3.05, 3.63) is 0 Å². The van der Waals surface area contributed by atoms with Crippen LogP contribution in [-0.2, 0) is 14.2 Å². The average Bonchev–Trinajstić information content (AvgIpc) is 2.21. The summed E-state index contributed by atoms with van der Waals surface area (Å²) in [5.41, 5.74) is 0. The normalized spacial score (nSPS) is 43.9. The summed E-state index contributed by atoms with van der Waals surface area (Å²) < 4.78 is 14.9. The lowest BCUT2D eigenvalue weighted by Crippen LogP contribution is -2.59. The topological polar surface area (TPSA) is 88.4 Å². The summed E-state index contributed by atoms with van der Waals surface area (Å²) in [5, 5.41) is 28.0. The summed E-state index contributed by atoms with van der Waals surface area (Å²) in [4.78, 5) is 0. The lowest BCUT2D eigenvalue weighted by atomic mass is 9.99. The summed E-state index contributed by atoms with van der Waals surface area (Å²) in [7, 11) is 2.72. The van der Waals surface area contributed by atoms with E-state index < -0.39 is 30.7 Å². The first-order valence-electron chi connectivity index (χ1n) is 4.33. The van der Waals surface area contributed by atoms with Crippen LogP contribution in [0.3, 0.4) is 0 Å². The minimum Gasteiger partial charge on any atom is -0.394 e. The van der Waals surface area contributed by atoms with Crippen LogP contribution in [-0.4, -0.2) is 66.9 Å². The lowest BCUT2D eigenvalue weighted by molar-refractivity contribution is -0.298. The molecule has 5 atom stereocenters. The molecule has 0 bridgehead atoms. The van der Waals surface area contributed by atoms with E-state index in [9.17, 15) is 10.2 Å². The molecule has 3 N–H and O–H groups in total. The molecule has 0 amide bonds. The van der Waals surface area contributed by atoms with Crippen LogP contribution in [0.2, 0.25) is 0 Å². The molecule has 6 heteroatoms. The Kier molecular flexibility index (Phi) is 4.24. The third kappa shape index (κ3) is 2.05. The molecule has 0 aliphatic carbocycles. The van der Waals surface area contributed by atoms with Crippen molar-refractivity contribution in [3.63, 3.8) is 0 Å². The van der Waals surface area contributed by atoms with Crippen molar-refractivity contribution in [1.82, 2.24) is 0 Å². The van der Waals surface area contributed by atoms with Gasteiger partial charge in [-0.3, -0.25) is 0 Å². The summed E-state index contributed by atoms with van der Waals surface area (Å²) >= 11 is 0. The highest BCUT2D eigenvalue weighted by molar-refractivity contribution is 4.89. The van der Waals surface area contributed by atoms with Crippen molar-refractivity contribution < 1.29 is 29.5 Å². The van der Waals surface area contributed by atoms with Crippen LogP contribution in [0.15, 0.2) is 0 Å². The van der Waals surface area contributed by atoms with Crippen molar-refractivity contribution in [3.8, 4) is 0 Å². The zero-order valence-electron chi connectivity index (χ0n) is 8.16. The molecule has 1 saturated heterocycles. The Morgan fingerprint density at radius 2 is 1.79 bits per heavy atom. The standard InChI is InChI=1S/C8H16O6/c1-12-7-4(3-9)14-8(13-2)6(11)5(7)10/h4-11H,3H2,1-2H3/t4?,5-,6?,7+,8-/m1/s1. The van der Waals surface area contributed by atoms with Gasteiger partial charge in [-0.25, -0.2) is 0 Å². The Morgan fingerprint density at radius 1 is 1.14 bits per heavy atom. The monoisotopic (exact) mass is 208 g/mol. The molecule has 1 rings (SSSR count). The Morgan fingerprint density at radius 3 is 2.21 bits per heavy atom. The molecule has 1 heterocycles. The fraction of sp³-hybridized carbons (Fsp3) is 1.00. The van der Waals surface area contributed by atoms with Gasteiger partial charge in [0.05, 0.1) is 6.61 Å². The second kappa shape index (κ2) is 5.01. The van der Waals surface area contributed by atoms with E-state index in [4.69, 9.17) is 19.3 Å². The molecule has 84 valence electrons. The molecule has 1 aliphatic rings. The van der Waals surface area contributed by atoms with Gasteiger partial charge in [0.25, 0.3) is 0 Å². The zero-order chi connectivity index (χ0) is 10.7. The fourth-order valence-electron chi connectivity index (χ4n) is 1.54. The minimum absolute atomic E-state index is 0.303. The second-order valence-corrected chi connectivity index (χ2v) is 3.14. The highest BCUT2D eigenvalue weighted by Crippen LogP contribution is 2.23. The first-order valence-corrected chi connectivity index (χ1v) is 4.33. The van der Waals surface area contributed by atoms with Crippen LogP contribution in [0.25, 0.3) is 0 Å². The van der Waals surface area contributed by atoms with E-state index in [2.05, 4.69) is 0 Å². The maximum absolute atomic E-state index is 9.59. The minimum atomic E-state index is -1.17. The van der Waals surface area contributed by atoms with Gasteiger partial charge in [-0.05, 0) is 0 Å². The van der Waals surface area contributed by atoms with E-state index >= 15 is 0 Å². The van der Waals surface area contributed by atoms with Gasteiger partial charge in [0.15, 0.2) is 6.29 Å². The highest BCUT2D eigenvalue weighted by Gasteiger charge is 2.44. The van der Waals surface area contributed by atoms with Crippen LogP contribution in [0.5, 0.6) is 0 Å². The van der Waals surface area contributed by atoms with Crippen molar-refractivity contribution in [2.24, 2.45) is 0 Å². The van der Waals surface area contributed by atoms with Crippen molar-refractivity contribution >= 4 is 0 Å². The third-order valence-corrected chi connectivity index (χ3v) is 2.33. The molecular formula is C8H16O6. The molecule has 1 fully saturated rings. The summed E-state index contributed by atoms with van der Waals surface area (Å²) in [6.07, 6.45) is -4.68.